The molecule has 0 aliphatic carbocycles. The van der Waals surface area contributed by atoms with E-state index in [4.69, 9.17) is 10.5 Å². The van der Waals surface area contributed by atoms with E-state index in [1.165, 1.54) is 0 Å². The Balaban J connectivity index is 2.64. The molecule has 0 bridgehead atoms. The van der Waals surface area contributed by atoms with Gasteiger partial charge in [-0.25, -0.2) is 4.79 Å². The van der Waals surface area contributed by atoms with E-state index in [1.54, 1.807) is 0 Å². The summed E-state index contributed by atoms with van der Waals surface area (Å²) in [4.78, 5) is 11.6. The second-order valence-electron chi connectivity index (χ2n) is 5.96. The Morgan fingerprint density at radius 1 is 1.35 bits per heavy atom. The molecule has 1 amide bonds. The van der Waals surface area contributed by atoms with Gasteiger partial charge in [0.2, 0.25) is 0 Å². The number of aryl methyl sites for hydroxylation is 2. The van der Waals surface area contributed by atoms with Crippen molar-refractivity contribution in [1.82, 2.24) is 5.32 Å². The van der Waals surface area contributed by atoms with Gasteiger partial charge in [-0.3, -0.25) is 0 Å². The normalized spacial score (nSPS) is 12.9. The van der Waals surface area contributed by atoms with Gasteiger partial charge in [0.05, 0.1) is 0 Å². The number of nitrogens with one attached hydrogen (secondary N) is 1. The van der Waals surface area contributed by atoms with Crippen molar-refractivity contribution in [3.63, 3.8) is 0 Å². The van der Waals surface area contributed by atoms with E-state index in [9.17, 15) is 4.79 Å². The van der Waals surface area contributed by atoms with E-state index in [2.05, 4.69) is 21.2 Å². The van der Waals surface area contributed by atoms with Crippen LogP contribution in [0.1, 0.15) is 43.5 Å². The fraction of sp³-hybridized carbons (Fsp3) is 0.533. The van der Waals surface area contributed by atoms with Crippen molar-refractivity contribution in [3.05, 3.63) is 33.3 Å². The molecule has 0 aromatic heterocycles. The minimum absolute atomic E-state index is 0.256. The Hall–Kier alpha value is -1.07. The molecule has 20 heavy (non-hydrogen) atoms. The molecule has 1 aromatic rings. The smallest absolute Gasteiger partial charge is 0.407 e. The predicted molar refractivity (Wildman–Crippen MR) is 84.8 cm³/mol. The molecule has 1 rings (SSSR count). The average molecular weight is 343 g/mol. The number of rotatable bonds is 3. The van der Waals surface area contributed by atoms with Gasteiger partial charge in [-0.15, -0.1) is 0 Å². The quantitative estimate of drug-likeness (QED) is 0.882. The van der Waals surface area contributed by atoms with Crippen LogP contribution >= 0.6 is 15.9 Å². The van der Waals surface area contributed by atoms with E-state index in [-0.39, 0.29) is 6.04 Å². The molecule has 0 radical (unpaired) electrons. The van der Waals surface area contributed by atoms with Gasteiger partial charge in [-0.2, -0.15) is 0 Å². The predicted octanol–water partition coefficient (Wildman–Crippen LogP) is 3.59. The SMILES string of the molecule is Cc1cc(C(N)CNC(=O)OC(C)(C)C)cc(C)c1Br. The zero-order valence-electron chi connectivity index (χ0n) is 12.7. The van der Waals surface area contributed by atoms with E-state index in [0.717, 1.165) is 21.2 Å². The highest BCUT2D eigenvalue weighted by Crippen LogP contribution is 2.24. The monoisotopic (exact) mass is 342 g/mol. The zero-order valence-corrected chi connectivity index (χ0v) is 14.3. The second kappa shape index (κ2) is 6.59. The summed E-state index contributed by atoms with van der Waals surface area (Å²) in [5.41, 5.74) is 8.87. The molecule has 4 nitrogen and oxygen atoms in total. The van der Waals surface area contributed by atoms with Crippen molar-refractivity contribution in [2.45, 2.75) is 46.3 Å². The summed E-state index contributed by atoms with van der Waals surface area (Å²) >= 11 is 3.53. The largest absolute Gasteiger partial charge is 0.444 e. The number of benzene rings is 1. The van der Waals surface area contributed by atoms with Crippen LogP contribution in [0.4, 0.5) is 4.79 Å². The van der Waals surface area contributed by atoms with Gasteiger partial charge in [-0.1, -0.05) is 28.1 Å². The molecule has 1 unspecified atom stereocenters. The molecule has 0 spiro atoms. The Morgan fingerprint density at radius 2 is 1.85 bits per heavy atom. The van der Waals surface area contributed by atoms with Crippen LogP contribution in [-0.2, 0) is 4.74 Å². The Bertz CT molecular complexity index is 472. The minimum Gasteiger partial charge on any atom is -0.444 e. The van der Waals surface area contributed by atoms with E-state index in [0.29, 0.717) is 6.54 Å². The highest BCUT2D eigenvalue weighted by Gasteiger charge is 2.17. The summed E-state index contributed by atoms with van der Waals surface area (Å²) < 4.78 is 6.27. The van der Waals surface area contributed by atoms with Crippen LogP contribution in [0.15, 0.2) is 16.6 Å². The summed E-state index contributed by atoms with van der Waals surface area (Å²) in [5.74, 6) is 0. The molecule has 1 atom stereocenters. The van der Waals surface area contributed by atoms with Crippen LogP contribution < -0.4 is 11.1 Å². The van der Waals surface area contributed by atoms with Crippen LogP contribution in [0, 0.1) is 13.8 Å². The van der Waals surface area contributed by atoms with Gasteiger partial charge in [0.25, 0.3) is 0 Å². The molecule has 0 saturated heterocycles. The van der Waals surface area contributed by atoms with E-state index < -0.39 is 11.7 Å². The van der Waals surface area contributed by atoms with Crippen LogP contribution in [0.2, 0.25) is 0 Å². The number of alkyl carbamates (subject to hydrolysis) is 1. The molecule has 0 saturated carbocycles. The van der Waals surface area contributed by atoms with Crippen molar-refractivity contribution >= 4 is 22.0 Å². The van der Waals surface area contributed by atoms with Gasteiger partial charge in [0.1, 0.15) is 5.60 Å². The standard InChI is InChI=1S/C15H23BrN2O2/c1-9-6-11(7-10(2)13(9)16)12(17)8-18-14(19)20-15(3,4)5/h6-7,12H,8,17H2,1-5H3,(H,18,19). The molecule has 112 valence electrons. The lowest BCUT2D eigenvalue weighted by Gasteiger charge is -2.21. The highest BCUT2D eigenvalue weighted by molar-refractivity contribution is 9.10. The van der Waals surface area contributed by atoms with Crippen molar-refractivity contribution in [2.24, 2.45) is 5.73 Å². The van der Waals surface area contributed by atoms with Crippen molar-refractivity contribution < 1.29 is 9.53 Å². The number of hydrogen-bond donors (Lipinski definition) is 2. The number of ether oxygens (including phenoxy) is 1. The molecule has 3 N–H and O–H groups in total. The van der Waals surface area contributed by atoms with Crippen LogP contribution in [0.5, 0.6) is 0 Å². The fourth-order valence-electron chi connectivity index (χ4n) is 1.82. The molecule has 0 aliphatic heterocycles. The first-order valence-electron chi connectivity index (χ1n) is 6.59. The molecular weight excluding hydrogens is 320 g/mol. The van der Waals surface area contributed by atoms with Gasteiger partial charge in [0, 0.05) is 17.1 Å². The lowest BCUT2D eigenvalue weighted by molar-refractivity contribution is 0.0524. The zero-order chi connectivity index (χ0) is 15.5. The van der Waals surface area contributed by atoms with Crippen molar-refractivity contribution in [3.8, 4) is 0 Å². The summed E-state index contributed by atoms with van der Waals surface area (Å²) in [6, 6.07) is 3.80. The van der Waals surface area contributed by atoms with Crippen LogP contribution in [-0.4, -0.2) is 18.2 Å². The number of carbonyl (C=O) groups is 1. The number of hydrogen-bond acceptors (Lipinski definition) is 3. The van der Waals surface area contributed by atoms with Crippen molar-refractivity contribution in [1.29, 1.82) is 0 Å². The maximum atomic E-state index is 11.6. The Labute approximate surface area is 129 Å². The molecular formula is C15H23BrN2O2. The third-order valence-corrected chi connectivity index (χ3v) is 4.00. The third kappa shape index (κ3) is 5.13. The first-order valence-corrected chi connectivity index (χ1v) is 7.38. The second-order valence-corrected chi connectivity index (χ2v) is 6.75. The molecule has 1 aromatic carbocycles. The lowest BCUT2D eigenvalue weighted by atomic mass is 10.0. The molecule has 0 fully saturated rings. The van der Waals surface area contributed by atoms with Gasteiger partial charge in [0.15, 0.2) is 0 Å². The summed E-state index contributed by atoms with van der Waals surface area (Å²) in [7, 11) is 0. The van der Waals surface area contributed by atoms with Crippen LogP contribution in [0.25, 0.3) is 0 Å². The third-order valence-electron chi connectivity index (χ3n) is 2.75. The summed E-state index contributed by atoms with van der Waals surface area (Å²) in [5, 5.41) is 2.69. The first kappa shape index (κ1) is 17.0. The summed E-state index contributed by atoms with van der Waals surface area (Å²) in [6.45, 7) is 9.87. The summed E-state index contributed by atoms with van der Waals surface area (Å²) in [6.07, 6.45) is -0.446. The number of amides is 1. The van der Waals surface area contributed by atoms with Crippen LogP contribution in [0.3, 0.4) is 0 Å². The van der Waals surface area contributed by atoms with Crippen molar-refractivity contribution in [2.75, 3.05) is 6.54 Å². The minimum atomic E-state index is -0.501. The fourth-order valence-corrected chi connectivity index (χ4v) is 2.05. The molecule has 5 heteroatoms. The number of halogens is 1. The number of nitrogens with two attached hydrogens (primary N) is 1. The Morgan fingerprint density at radius 3 is 2.30 bits per heavy atom. The van der Waals surface area contributed by atoms with Gasteiger partial charge in [-0.05, 0) is 51.3 Å². The maximum absolute atomic E-state index is 11.6. The van der Waals surface area contributed by atoms with Gasteiger partial charge < -0.3 is 15.8 Å². The van der Waals surface area contributed by atoms with E-state index >= 15 is 0 Å². The number of carbonyl (C=O) groups excluding carboxylic acids is 1. The maximum Gasteiger partial charge on any atom is 0.407 e. The first-order chi connectivity index (χ1) is 9.10. The lowest BCUT2D eigenvalue weighted by Crippen LogP contribution is -2.36. The average Bonchev–Trinajstić information content (AvgIpc) is 2.30. The highest BCUT2D eigenvalue weighted by atomic mass is 79.9. The van der Waals surface area contributed by atoms with Gasteiger partial charge >= 0.3 is 6.09 Å². The molecule has 0 heterocycles. The topological polar surface area (TPSA) is 64.3 Å². The Kier molecular flexibility index (Phi) is 5.59. The van der Waals surface area contributed by atoms with E-state index in [1.807, 2.05) is 46.8 Å². The molecule has 0 aliphatic rings.